The largest absolute Gasteiger partial charge is 0.359 e. The van der Waals surface area contributed by atoms with Crippen molar-refractivity contribution < 1.29 is 18.4 Å². The maximum absolute atomic E-state index is 13.2. The summed E-state index contributed by atoms with van der Waals surface area (Å²) in [5.41, 5.74) is 0.444. The predicted octanol–water partition coefficient (Wildman–Crippen LogP) is 1.98. The quantitative estimate of drug-likeness (QED) is 0.882. The number of benzene rings is 1. The van der Waals surface area contributed by atoms with E-state index in [9.17, 15) is 18.4 Å². The fourth-order valence-corrected chi connectivity index (χ4v) is 3.06. The fourth-order valence-electron chi connectivity index (χ4n) is 2.36. The van der Waals surface area contributed by atoms with Gasteiger partial charge in [-0.1, -0.05) is 0 Å². The average Bonchev–Trinajstić information content (AvgIpc) is 2.92. The van der Waals surface area contributed by atoms with E-state index in [0.29, 0.717) is 18.2 Å². The number of carbonyl (C=O) groups is 2. The van der Waals surface area contributed by atoms with Crippen LogP contribution in [0.25, 0.3) is 0 Å². The normalized spacial score (nSPS) is 14.2. The maximum atomic E-state index is 13.2. The minimum atomic E-state index is -0.703. The standard InChI is InChI=1S/C15H14F2N4O2S/c1-18-13(22)8-5-21(6-8)14(23)12-7-24-15(20-12)19-11-3-9(16)2-10(17)4-11/h2-4,7-8H,5-6H2,1H3,(H,18,22)(H,19,20). The molecule has 0 radical (unpaired) electrons. The van der Waals surface area contributed by atoms with Gasteiger partial charge < -0.3 is 15.5 Å². The van der Waals surface area contributed by atoms with Crippen molar-refractivity contribution in [3.05, 3.63) is 40.9 Å². The number of thiazole rings is 1. The van der Waals surface area contributed by atoms with E-state index in [4.69, 9.17) is 0 Å². The third-order valence-corrected chi connectivity index (χ3v) is 4.38. The molecule has 0 unspecified atom stereocenters. The number of aromatic nitrogens is 1. The Morgan fingerprint density at radius 1 is 1.25 bits per heavy atom. The van der Waals surface area contributed by atoms with Gasteiger partial charge in [0, 0.05) is 37.3 Å². The van der Waals surface area contributed by atoms with Gasteiger partial charge in [-0.2, -0.15) is 0 Å². The third kappa shape index (κ3) is 3.35. The number of carbonyl (C=O) groups excluding carboxylic acids is 2. The number of halogens is 2. The van der Waals surface area contributed by atoms with Gasteiger partial charge in [-0.25, -0.2) is 13.8 Å². The minimum absolute atomic E-state index is 0.0900. The molecule has 0 saturated carbocycles. The first kappa shape index (κ1) is 16.3. The van der Waals surface area contributed by atoms with E-state index >= 15 is 0 Å². The highest BCUT2D eigenvalue weighted by atomic mass is 32.1. The van der Waals surface area contributed by atoms with Crippen LogP contribution in [0, 0.1) is 17.6 Å². The summed E-state index contributed by atoms with van der Waals surface area (Å²) in [7, 11) is 1.56. The van der Waals surface area contributed by atoms with Gasteiger partial charge in [0.15, 0.2) is 5.13 Å². The Kier molecular flexibility index (Phi) is 4.43. The zero-order valence-electron chi connectivity index (χ0n) is 12.7. The van der Waals surface area contributed by atoms with Gasteiger partial charge in [0.25, 0.3) is 5.91 Å². The molecule has 0 aliphatic carbocycles. The van der Waals surface area contributed by atoms with Crippen LogP contribution >= 0.6 is 11.3 Å². The van der Waals surface area contributed by atoms with E-state index < -0.39 is 11.6 Å². The molecule has 1 saturated heterocycles. The zero-order valence-corrected chi connectivity index (χ0v) is 13.5. The van der Waals surface area contributed by atoms with Crippen LogP contribution in [0.4, 0.5) is 19.6 Å². The molecule has 1 aromatic carbocycles. The van der Waals surface area contributed by atoms with Gasteiger partial charge in [0.1, 0.15) is 17.3 Å². The number of rotatable bonds is 4. The lowest BCUT2D eigenvalue weighted by atomic mass is 9.99. The summed E-state index contributed by atoms with van der Waals surface area (Å²) in [5, 5.41) is 7.23. The van der Waals surface area contributed by atoms with Crippen LogP contribution in [-0.2, 0) is 4.79 Å². The second-order valence-corrected chi connectivity index (χ2v) is 6.20. The van der Waals surface area contributed by atoms with E-state index in [0.717, 1.165) is 29.5 Å². The van der Waals surface area contributed by atoms with Crippen molar-refractivity contribution in [2.45, 2.75) is 0 Å². The number of hydrogen-bond donors (Lipinski definition) is 2. The van der Waals surface area contributed by atoms with Crippen LogP contribution in [0.1, 0.15) is 10.5 Å². The summed E-state index contributed by atoms with van der Waals surface area (Å²) in [5.74, 6) is -1.96. The summed E-state index contributed by atoms with van der Waals surface area (Å²) in [4.78, 5) is 29.3. The molecular formula is C15H14F2N4O2S. The average molecular weight is 352 g/mol. The number of hydrogen-bond acceptors (Lipinski definition) is 5. The molecule has 126 valence electrons. The van der Waals surface area contributed by atoms with Crippen LogP contribution in [0.3, 0.4) is 0 Å². The van der Waals surface area contributed by atoms with Gasteiger partial charge in [-0.05, 0) is 12.1 Å². The molecule has 3 rings (SSSR count). The summed E-state index contributed by atoms with van der Waals surface area (Å²) in [6, 6.07) is 3.04. The Balaban J connectivity index is 1.63. The van der Waals surface area contributed by atoms with Crippen molar-refractivity contribution >= 4 is 34.0 Å². The molecule has 1 aliphatic rings. The first-order valence-electron chi connectivity index (χ1n) is 7.16. The van der Waals surface area contributed by atoms with Crippen LogP contribution in [0.15, 0.2) is 23.6 Å². The van der Waals surface area contributed by atoms with Crippen molar-refractivity contribution in [3.63, 3.8) is 0 Å². The maximum Gasteiger partial charge on any atom is 0.273 e. The number of nitrogens with zero attached hydrogens (tertiary/aromatic N) is 2. The smallest absolute Gasteiger partial charge is 0.273 e. The van der Waals surface area contributed by atoms with Gasteiger partial charge >= 0.3 is 0 Å². The second-order valence-electron chi connectivity index (χ2n) is 5.34. The molecule has 6 nitrogen and oxygen atoms in total. The van der Waals surface area contributed by atoms with E-state index in [1.54, 1.807) is 12.4 Å². The highest BCUT2D eigenvalue weighted by Gasteiger charge is 2.36. The highest BCUT2D eigenvalue weighted by molar-refractivity contribution is 7.14. The lowest BCUT2D eigenvalue weighted by molar-refractivity contribution is -0.128. The van der Waals surface area contributed by atoms with Crippen LogP contribution in [0.5, 0.6) is 0 Å². The summed E-state index contributed by atoms with van der Waals surface area (Å²) in [6.45, 7) is 0.710. The van der Waals surface area contributed by atoms with Crippen LogP contribution in [-0.4, -0.2) is 41.8 Å². The van der Waals surface area contributed by atoms with Crippen molar-refractivity contribution in [2.75, 3.05) is 25.5 Å². The molecule has 0 spiro atoms. The topological polar surface area (TPSA) is 74.3 Å². The van der Waals surface area contributed by atoms with Crippen molar-refractivity contribution in [1.82, 2.24) is 15.2 Å². The first-order chi connectivity index (χ1) is 11.5. The Morgan fingerprint density at radius 2 is 1.92 bits per heavy atom. The molecule has 2 amide bonds. The minimum Gasteiger partial charge on any atom is -0.359 e. The van der Waals surface area contributed by atoms with Gasteiger partial charge in [-0.15, -0.1) is 11.3 Å². The summed E-state index contributed by atoms with van der Waals surface area (Å²) < 4.78 is 26.3. The van der Waals surface area contributed by atoms with Gasteiger partial charge in [0.05, 0.1) is 5.92 Å². The molecule has 2 N–H and O–H groups in total. The van der Waals surface area contributed by atoms with Crippen LogP contribution < -0.4 is 10.6 Å². The molecule has 24 heavy (non-hydrogen) atoms. The van der Waals surface area contributed by atoms with E-state index in [2.05, 4.69) is 15.6 Å². The number of nitrogens with one attached hydrogen (secondary N) is 2. The van der Waals surface area contributed by atoms with Crippen LogP contribution in [0.2, 0.25) is 0 Å². The SMILES string of the molecule is CNC(=O)C1CN(C(=O)c2csc(Nc3cc(F)cc(F)c3)n2)C1. The van der Waals surface area contributed by atoms with Crippen molar-refractivity contribution in [2.24, 2.45) is 5.92 Å². The zero-order chi connectivity index (χ0) is 17.3. The fraction of sp³-hybridized carbons (Fsp3) is 0.267. The molecule has 1 fully saturated rings. The van der Waals surface area contributed by atoms with Gasteiger partial charge in [0.2, 0.25) is 5.91 Å². The molecule has 2 aromatic rings. The molecule has 1 aliphatic heterocycles. The summed E-state index contributed by atoms with van der Waals surface area (Å²) in [6.07, 6.45) is 0. The highest BCUT2D eigenvalue weighted by Crippen LogP contribution is 2.25. The Hall–Kier alpha value is -2.55. The second kappa shape index (κ2) is 6.52. The lowest BCUT2D eigenvalue weighted by Gasteiger charge is -2.37. The summed E-state index contributed by atoms with van der Waals surface area (Å²) >= 11 is 1.15. The van der Waals surface area contributed by atoms with E-state index in [1.807, 2.05) is 0 Å². The Bertz CT molecular complexity index is 769. The number of amides is 2. The van der Waals surface area contributed by atoms with Crippen molar-refractivity contribution in [1.29, 1.82) is 0 Å². The monoisotopic (exact) mass is 352 g/mol. The number of likely N-dealkylation sites (tertiary alicyclic amines) is 1. The number of anilines is 2. The molecule has 1 aromatic heterocycles. The molecule has 0 atom stereocenters. The molecular weight excluding hydrogens is 338 g/mol. The van der Waals surface area contributed by atoms with Gasteiger partial charge in [-0.3, -0.25) is 9.59 Å². The first-order valence-corrected chi connectivity index (χ1v) is 8.03. The molecule has 0 bridgehead atoms. The van der Waals surface area contributed by atoms with E-state index in [-0.39, 0.29) is 29.1 Å². The Labute approximate surface area is 140 Å². The van der Waals surface area contributed by atoms with E-state index in [1.165, 1.54) is 4.90 Å². The lowest BCUT2D eigenvalue weighted by Crippen LogP contribution is -2.55. The predicted molar refractivity (Wildman–Crippen MR) is 85.2 cm³/mol. The molecule has 2 heterocycles. The molecule has 9 heteroatoms. The van der Waals surface area contributed by atoms with Crippen molar-refractivity contribution in [3.8, 4) is 0 Å². The third-order valence-electron chi connectivity index (χ3n) is 3.62. The Morgan fingerprint density at radius 3 is 2.54 bits per heavy atom.